The predicted molar refractivity (Wildman–Crippen MR) is 62.2 cm³/mol. The molecule has 1 amide bonds. The minimum absolute atomic E-state index is 0.00631. The third-order valence-corrected chi connectivity index (χ3v) is 2.50. The summed E-state index contributed by atoms with van der Waals surface area (Å²) in [6.07, 6.45) is 0. The maximum atomic E-state index is 11.7. The average Bonchev–Trinajstić information content (AvgIpc) is 2.37. The molecule has 5 nitrogen and oxygen atoms in total. The van der Waals surface area contributed by atoms with Crippen molar-refractivity contribution in [3.05, 3.63) is 24.3 Å². The number of amides is 1. The van der Waals surface area contributed by atoms with Gasteiger partial charge in [0.05, 0.1) is 25.5 Å². The zero-order valence-corrected chi connectivity index (χ0v) is 9.46. The average molecular weight is 237 g/mol. The van der Waals surface area contributed by atoms with Crippen LogP contribution in [-0.2, 0) is 9.53 Å². The zero-order valence-electron chi connectivity index (χ0n) is 9.46. The lowest BCUT2D eigenvalue weighted by Gasteiger charge is -2.29. The molecule has 0 radical (unpaired) electrons. The van der Waals surface area contributed by atoms with Crippen LogP contribution < -0.4 is 9.64 Å². The third kappa shape index (κ3) is 2.75. The van der Waals surface area contributed by atoms with Crippen LogP contribution in [-0.4, -0.2) is 44.0 Å². The van der Waals surface area contributed by atoms with Gasteiger partial charge >= 0.3 is 0 Å². The molecule has 0 spiro atoms. The largest absolute Gasteiger partial charge is 0.482 e. The normalized spacial score (nSPS) is 14.4. The van der Waals surface area contributed by atoms with Gasteiger partial charge in [-0.05, 0) is 12.1 Å². The highest BCUT2D eigenvalue weighted by Gasteiger charge is 2.24. The van der Waals surface area contributed by atoms with Gasteiger partial charge in [-0.25, -0.2) is 0 Å². The fraction of sp³-hybridized carbons (Fsp3) is 0.417. The van der Waals surface area contributed by atoms with Crippen molar-refractivity contribution in [1.29, 1.82) is 0 Å². The quantitative estimate of drug-likeness (QED) is 0.754. The van der Waals surface area contributed by atoms with Crippen LogP contribution in [0.1, 0.15) is 0 Å². The number of anilines is 1. The molecule has 1 aliphatic heterocycles. The number of rotatable bonds is 5. The zero-order chi connectivity index (χ0) is 12.1. The van der Waals surface area contributed by atoms with Crippen molar-refractivity contribution in [1.82, 2.24) is 0 Å². The van der Waals surface area contributed by atoms with Crippen LogP contribution in [0.2, 0.25) is 0 Å². The van der Waals surface area contributed by atoms with E-state index in [9.17, 15) is 4.79 Å². The SMILES string of the molecule is O=C1COc2ccccc2N1CCOCCO. The Balaban J connectivity index is 2.02. The second kappa shape index (κ2) is 5.65. The van der Waals surface area contributed by atoms with E-state index in [0.29, 0.717) is 25.5 Å². The minimum Gasteiger partial charge on any atom is -0.482 e. The number of benzene rings is 1. The highest BCUT2D eigenvalue weighted by molar-refractivity contribution is 5.97. The molecule has 92 valence electrons. The van der Waals surface area contributed by atoms with Gasteiger partial charge in [0.15, 0.2) is 6.61 Å². The molecule has 1 aromatic rings. The fourth-order valence-corrected chi connectivity index (χ4v) is 1.72. The number of aliphatic hydroxyl groups is 1. The van der Waals surface area contributed by atoms with E-state index in [1.165, 1.54) is 0 Å². The van der Waals surface area contributed by atoms with Crippen molar-refractivity contribution in [2.45, 2.75) is 0 Å². The van der Waals surface area contributed by atoms with Crippen LogP contribution in [0, 0.1) is 0 Å². The monoisotopic (exact) mass is 237 g/mol. The molecule has 0 atom stereocenters. The van der Waals surface area contributed by atoms with E-state index in [-0.39, 0.29) is 19.1 Å². The first-order valence-electron chi connectivity index (χ1n) is 5.53. The second-order valence-electron chi connectivity index (χ2n) is 3.64. The van der Waals surface area contributed by atoms with Crippen LogP contribution >= 0.6 is 0 Å². The Kier molecular flexibility index (Phi) is 3.95. The van der Waals surface area contributed by atoms with Crippen LogP contribution in [0.15, 0.2) is 24.3 Å². The summed E-state index contributed by atoms with van der Waals surface area (Å²) < 4.78 is 10.5. The molecule has 1 aromatic carbocycles. The summed E-state index contributed by atoms with van der Waals surface area (Å²) in [5.41, 5.74) is 0.774. The lowest BCUT2D eigenvalue weighted by molar-refractivity contribution is -0.121. The molecule has 2 rings (SSSR count). The Bertz CT molecular complexity index is 394. The molecule has 0 saturated carbocycles. The highest BCUT2D eigenvalue weighted by Crippen LogP contribution is 2.30. The van der Waals surface area contributed by atoms with Crippen LogP contribution in [0.4, 0.5) is 5.69 Å². The standard InChI is InChI=1S/C12H15NO4/c14-6-8-16-7-5-13-10-3-1-2-4-11(10)17-9-12(13)15/h1-4,14H,5-9H2. The van der Waals surface area contributed by atoms with Gasteiger partial charge in [0.25, 0.3) is 5.91 Å². The summed E-state index contributed by atoms with van der Waals surface area (Å²) in [7, 11) is 0. The minimum atomic E-state index is -0.0729. The molecule has 1 aliphatic rings. The molecule has 0 aliphatic carbocycles. The number of nitrogens with zero attached hydrogens (tertiary/aromatic N) is 1. The Morgan fingerprint density at radius 1 is 1.35 bits per heavy atom. The summed E-state index contributed by atoms with van der Waals surface area (Å²) in [5.74, 6) is 0.644. The van der Waals surface area contributed by atoms with Gasteiger partial charge < -0.3 is 19.5 Å². The van der Waals surface area contributed by atoms with Crippen molar-refractivity contribution >= 4 is 11.6 Å². The summed E-state index contributed by atoms with van der Waals surface area (Å²) >= 11 is 0. The topological polar surface area (TPSA) is 59.0 Å². The van der Waals surface area contributed by atoms with Gasteiger partial charge in [0.2, 0.25) is 0 Å². The van der Waals surface area contributed by atoms with Crippen LogP contribution in [0.5, 0.6) is 5.75 Å². The van der Waals surface area contributed by atoms with Gasteiger partial charge in [-0.1, -0.05) is 12.1 Å². The van der Waals surface area contributed by atoms with E-state index in [2.05, 4.69) is 0 Å². The highest BCUT2D eigenvalue weighted by atomic mass is 16.5. The summed E-state index contributed by atoms with van der Waals surface area (Å²) in [6, 6.07) is 7.42. The summed E-state index contributed by atoms with van der Waals surface area (Å²) in [5, 5.41) is 8.59. The number of hydrogen-bond acceptors (Lipinski definition) is 4. The molecule has 1 N–H and O–H groups in total. The van der Waals surface area contributed by atoms with Crippen molar-refractivity contribution in [3.8, 4) is 5.75 Å². The molecule has 17 heavy (non-hydrogen) atoms. The van der Waals surface area contributed by atoms with E-state index < -0.39 is 0 Å². The predicted octanol–water partition coefficient (Wildman–Crippen LogP) is 0.421. The van der Waals surface area contributed by atoms with Crippen LogP contribution in [0.3, 0.4) is 0 Å². The molecule has 0 fully saturated rings. The molecule has 1 heterocycles. The van der Waals surface area contributed by atoms with Gasteiger partial charge in [-0.15, -0.1) is 0 Å². The Morgan fingerprint density at radius 3 is 3.00 bits per heavy atom. The van der Waals surface area contributed by atoms with E-state index in [1.54, 1.807) is 4.90 Å². The number of carbonyl (C=O) groups is 1. The second-order valence-corrected chi connectivity index (χ2v) is 3.64. The van der Waals surface area contributed by atoms with E-state index >= 15 is 0 Å². The first-order chi connectivity index (χ1) is 8.33. The van der Waals surface area contributed by atoms with Gasteiger partial charge in [-0.3, -0.25) is 4.79 Å². The third-order valence-electron chi connectivity index (χ3n) is 2.50. The number of para-hydroxylation sites is 2. The number of aliphatic hydroxyl groups excluding tert-OH is 1. The first kappa shape index (κ1) is 11.9. The van der Waals surface area contributed by atoms with Gasteiger partial charge in [0.1, 0.15) is 5.75 Å². The molecule has 5 heteroatoms. The van der Waals surface area contributed by atoms with Crippen molar-refractivity contribution in [2.75, 3.05) is 37.9 Å². The van der Waals surface area contributed by atoms with E-state index in [1.807, 2.05) is 24.3 Å². The molecule has 0 aromatic heterocycles. The van der Waals surface area contributed by atoms with Crippen LogP contribution in [0.25, 0.3) is 0 Å². The molecule has 0 unspecified atom stereocenters. The van der Waals surface area contributed by atoms with Crippen molar-refractivity contribution in [3.63, 3.8) is 0 Å². The fourth-order valence-electron chi connectivity index (χ4n) is 1.72. The maximum Gasteiger partial charge on any atom is 0.265 e. The number of fused-ring (bicyclic) bond motifs is 1. The lowest BCUT2D eigenvalue weighted by atomic mass is 10.2. The van der Waals surface area contributed by atoms with Gasteiger partial charge in [-0.2, -0.15) is 0 Å². The molecular weight excluding hydrogens is 222 g/mol. The number of ether oxygens (including phenoxy) is 2. The Morgan fingerprint density at radius 2 is 2.18 bits per heavy atom. The Hall–Kier alpha value is -1.59. The van der Waals surface area contributed by atoms with E-state index in [4.69, 9.17) is 14.6 Å². The maximum absolute atomic E-state index is 11.7. The first-order valence-corrected chi connectivity index (χ1v) is 5.53. The summed E-state index contributed by atoms with van der Waals surface area (Å²) in [4.78, 5) is 13.4. The van der Waals surface area contributed by atoms with Crippen molar-refractivity contribution < 1.29 is 19.4 Å². The summed E-state index contributed by atoms with van der Waals surface area (Å²) in [6.45, 7) is 1.23. The molecule has 0 bridgehead atoms. The number of carbonyl (C=O) groups excluding carboxylic acids is 1. The lowest BCUT2D eigenvalue weighted by Crippen LogP contribution is -2.40. The smallest absolute Gasteiger partial charge is 0.265 e. The van der Waals surface area contributed by atoms with Gasteiger partial charge in [0, 0.05) is 6.54 Å². The molecule has 0 saturated heterocycles. The number of hydrogen-bond donors (Lipinski definition) is 1. The Labute approximate surface area is 99.6 Å². The van der Waals surface area contributed by atoms with E-state index in [0.717, 1.165) is 5.69 Å². The van der Waals surface area contributed by atoms with Crippen molar-refractivity contribution in [2.24, 2.45) is 0 Å². The molecular formula is C12H15NO4.